The number of rotatable bonds is 5. The predicted octanol–water partition coefficient (Wildman–Crippen LogP) is 6.84. The number of alkyl halides is 3. The SMILES string of the molecule is FC(F)(F)Sc1cccc(C=Nc2cccc(Oc3ccccc3)c2)c1. The van der Waals surface area contributed by atoms with Crippen molar-refractivity contribution in [3.8, 4) is 11.5 Å². The molecule has 0 saturated carbocycles. The van der Waals surface area contributed by atoms with Gasteiger partial charge in [-0.15, -0.1) is 0 Å². The normalized spacial score (nSPS) is 11.7. The Kier molecular flexibility index (Phi) is 5.63. The summed E-state index contributed by atoms with van der Waals surface area (Å²) in [4.78, 5) is 4.45. The van der Waals surface area contributed by atoms with E-state index >= 15 is 0 Å². The van der Waals surface area contributed by atoms with Crippen LogP contribution in [-0.4, -0.2) is 11.7 Å². The summed E-state index contributed by atoms with van der Waals surface area (Å²) in [6.07, 6.45) is 1.53. The van der Waals surface area contributed by atoms with Gasteiger partial charge in [0.2, 0.25) is 0 Å². The van der Waals surface area contributed by atoms with E-state index in [0.29, 0.717) is 22.7 Å². The fourth-order valence-corrected chi connectivity index (χ4v) is 2.80. The number of ether oxygens (including phenoxy) is 1. The molecule has 6 heteroatoms. The van der Waals surface area contributed by atoms with E-state index in [9.17, 15) is 13.2 Å². The van der Waals surface area contributed by atoms with E-state index in [4.69, 9.17) is 4.74 Å². The minimum absolute atomic E-state index is 0.127. The van der Waals surface area contributed by atoms with Gasteiger partial charge in [0.05, 0.1) is 5.69 Å². The van der Waals surface area contributed by atoms with Crippen molar-refractivity contribution in [3.63, 3.8) is 0 Å². The van der Waals surface area contributed by atoms with Crippen LogP contribution in [0.5, 0.6) is 11.5 Å². The smallest absolute Gasteiger partial charge is 0.446 e. The van der Waals surface area contributed by atoms with Crippen LogP contribution in [0.4, 0.5) is 18.9 Å². The summed E-state index contributed by atoms with van der Waals surface area (Å²) in [7, 11) is 0. The lowest BCUT2D eigenvalue weighted by molar-refractivity contribution is -0.0328. The number of thioether (sulfide) groups is 1. The minimum atomic E-state index is -4.31. The molecule has 0 bridgehead atoms. The Morgan fingerprint density at radius 1 is 0.808 bits per heavy atom. The number of hydrogen-bond donors (Lipinski definition) is 0. The lowest BCUT2D eigenvalue weighted by atomic mass is 10.2. The second kappa shape index (κ2) is 8.10. The fourth-order valence-electron chi connectivity index (χ4n) is 2.19. The van der Waals surface area contributed by atoms with Crippen molar-refractivity contribution in [2.24, 2.45) is 4.99 Å². The highest BCUT2D eigenvalue weighted by Gasteiger charge is 2.29. The number of nitrogens with zero attached hydrogens (tertiary/aromatic N) is 1. The van der Waals surface area contributed by atoms with E-state index < -0.39 is 5.51 Å². The second-order valence-corrected chi connectivity index (χ2v) is 6.43. The molecule has 0 fully saturated rings. The molecule has 0 spiro atoms. The third kappa shape index (κ3) is 5.67. The van der Waals surface area contributed by atoms with Gasteiger partial charge in [0.25, 0.3) is 0 Å². The molecule has 0 aliphatic rings. The van der Waals surface area contributed by atoms with Gasteiger partial charge < -0.3 is 4.74 Å². The molecule has 0 radical (unpaired) electrons. The highest BCUT2D eigenvalue weighted by atomic mass is 32.2. The number of benzene rings is 3. The molecule has 0 N–H and O–H groups in total. The molecular weight excluding hydrogens is 359 g/mol. The van der Waals surface area contributed by atoms with Gasteiger partial charge in [-0.1, -0.05) is 36.4 Å². The summed E-state index contributed by atoms with van der Waals surface area (Å²) in [6, 6.07) is 22.7. The van der Waals surface area contributed by atoms with Crippen molar-refractivity contribution >= 4 is 23.7 Å². The Balaban J connectivity index is 1.73. The van der Waals surface area contributed by atoms with Crippen LogP contribution in [-0.2, 0) is 0 Å². The maximum absolute atomic E-state index is 12.5. The topological polar surface area (TPSA) is 21.6 Å². The highest BCUT2D eigenvalue weighted by molar-refractivity contribution is 8.00. The first-order chi connectivity index (χ1) is 12.5. The van der Waals surface area contributed by atoms with Crippen LogP contribution in [0, 0.1) is 0 Å². The van der Waals surface area contributed by atoms with E-state index in [1.54, 1.807) is 30.3 Å². The summed E-state index contributed by atoms with van der Waals surface area (Å²) >= 11 is -0.141. The fraction of sp³-hybridized carbons (Fsp3) is 0.0500. The molecule has 0 heterocycles. The van der Waals surface area contributed by atoms with Gasteiger partial charge in [-0.25, -0.2) is 0 Å². The largest absolute Gasteiger partial charge is 0.457 e. The van der Waals surface area contributed by atoms with Gasteiger partial charge in [-0.2, -0.15) is 13.2 Å². The number of aliphatic imine (C=N–C) groups is 1. The first kappa shape index (κ1) is 18.1. The van der Waals surface area contributed by atoms with Gasteiger partial charge in [-0.05, 0) is 53.7 Å². The molecule has 0 amide bonds. The van der Waals surface area contributed by atoms with Gasteiger partial charge in [-0.3, -0.25) is 4.99 Å². The van der Waals surface area contributed by atoms with Crippen molar-refractivity contribution in [2.75, 3.05) is 0 Å². The van der Waals surface area contributed by atoms with E-state index in [-0.39, 0.29) is 16.7 Å². The summed E-state index contributed by atoms with van der Waals surface area (Å²) in [5.74, 6) is 1.35. The quantitative estimate of drug-likeness (QED) is 0.361. The average molecular weight is 373 g/mol. The van der Waals surface area contributed by atoms with Crippen molar-refractivity contribution in [1.29, 1.82) is 0 Å². The standard InChI is InChI=1S/C20H14F3NOS/c21-20(22,23)26-19-11-4-6-15(12-19)14-24-16-7-5-10-18(13-16)25-17-8-2-1-3-9-17/h1-14H. The number of halogens is 3. The molecule has 2 nitrogen and oxygen atoms in total. The Morgan fingerprint density at radius 3 is 2.31 bits per heavy atom. The zero-order chi connectivity index (χ0) is 18.4. The van der Waals surface area contributed by atoms with Crippen LogP contribution in [0.1, 0.15) is 5.56 Å². The third-order valence-corrected chi connectivity index (χ3v) is 3.97. The summed E-state index contributed by atoms with van der Waals surface area (Å²) in [5, 5.41) is 0. The maximum atomic E-state index is 12.5. The van der Waals surface area contributed by atoms with Crippen LogP contribution in [0.15, 0.2) is 88.8 Å². The number of hydrogen-bond acceptors (Lipinski definition) is 3. The average Bonchev–Trinajstić information content (AvgIpc) is 2.60. The van der Waals surface area contributed by atoms with Crippen molar-refractivity contribution < 1.29 is 17.9 Å². The van der Waals surface area contributed by atoms with Crippen molar-refractivity contribution in [3.05, 3.63) is 84.4 Å². The summed E-state index contributed by atoms with van der Waals surface area (Å²) in [6.45, 7) is 0. The third-order valence-electron chi connectivity index (χ3n) is 3.25. The molecule has 132 valence electrons. The Hall–Kier alpha value is -2.73. The lowest BCUT2D eigenvalue weighted by Gasteiger charge is -2.06. The van der Waals surface area contributed by atoms with Crippen molar-refractivity contribution in [1.82, 2.24) is 0 Å². The molecule has 3 aromatic rings. The molecule has 3 aromatic carbocycles. The summed E-state index contributed by atoms with van der Waals surface area (Å²) in [5.41, 5.74) is -3.07. The number of para-hydroxylation sites is 1. The van der Waals surface area contributed by atoms with Gasteiger partial charge in [0.1, 0.15) is 11.5 Å². The Labute approximate surface area is 153 Å². The molecule has 0 atom stereocenters. The highest BCUT2D eigenvalue weighted by Crippen LogP contribution is 2.36. The first-order valence-corrected chi connectivity index (χ1v) is 8.52. The molecule has 26 heavy (non-hydrogen) atoms. The first-order valence-electron chi connectivity index (χ1n) is 7.71. The van der Waals surface area contributed by atoms with Crippen LogP contribution >= 0.6 is 11.8 Å². The van der Waals surface area contributed by atoms with E-state index in [0.717, 1.165) is 0 Å². The summed E-state index contributed by atoms with van der Waals surface area (Å²) < 4.78 is 43.1. The lowest BCUT2D eigenvalue weighted by Crippen LogP contribution is -1.99. The molecule has 0 aliphatic carbocycles. The predicted molar refractivity (Wildman–Crippen MR) is 98.6 cm³/mol. The monoisotopic (exact) mass is 373 g/mol. The van der Waals surface area contributed by atoms with Crippen LogP contribution in [0.2, 0.25) is 0 Å². The zero-order valence-electron chi connectivity index (χ0n) is 13.5. The van der Waals surface area contributed by atoms with Crippen LogP contribution in [0.25, 0.3) is 0 Å². The van der Waals surface area contributed by atoms with Crippen LogP contribution < -0.4 is 4.74 Å². The zero-order valence-corrected chi connectivity index (χ0v) is 14.3. The molecule has 0 unspecified atom stereocenters. The minimum Gasteiger partial charge on any atom is -0.457 e. The molecular formula is C20H14F3NOS. The molecule has 0 aromatic heterocycles. The van der Waals surface area contributed by atoms with Gasteiger partial charge in [0, 0.05) is 17.2 Å². The molecule has 3 rings (SSSR count). The van der Waals surface area contributed by atoms with E-state index in [2.05, 4.69) is 4.99 Å². The Morgan fingerprint density at radius 2 is 1.54 bits per heavy atom. The van der Waals surface area contributed by atoms with Gasteiger partial charge in [0.15, 0.2) is 0 Å². The molecule has 0 aliphatic heterocycles. The van der Waals surface area contributed by atoms with E-state index in [1.165, 1.54) is 18.3 Å². The Bertz CT molecular complexity index is 895. The van der Waals surface area contributed by atoms with E-state index in [1.807, 2.05) is 36.4 Å². The van der Waals surface area contributed by atoms with Crippen molar-refractivity contribution in [2.45, 2.75) is 10.4 Å². The van der Waals surface area contributed by atoms with Crippen LogP contribution in [0.3, 0.4) is 0 Å². The second-order valence-electron chi connectivity index (χ2n) is 5.29. The molecule has 0 saturated heterocycles. The maximum Gasteiger partial charge on any atom is 0.446 e. The van der Waals surface area contributed by atoms with Gasteiger partial charge >= 0.3 is 5.51 Å².